The quantitative estimate of drug-likeness (QED) is 0.735. The molecule has 156 valence electrons. The molecule has 1 aromatic heterocycles. The van der Waals surface area contributed by atoms with Crippen molar-refractivity contribution in [1.82, 2.24) is 14.3 Å². The molecule has 4 rings (SSSR count). The monoisotopic (exact) mass is 435 g/mol. The van der Waals surface area contributed by atoms with Crippen LogP contribution in [0.4, 0.5) is 11.6 Å². The smallest absolute Gasteiger partial charge is 0.243 e. The van der Waals surface area contributed by atoms with Crippen molar-refractivity contribution in [2.45, 2.75) is 31.1 Å². The summed E-state index contributed by atoms with van der Waals surface area (Å²) in [5.74, 6) is 1.81. The van der Waals surface area contributed by atoms with E-state index in [0.717, 1.165) is 30.3 Å². The van der Waals surface area contributed by atoms with E-state index in [0.29, 0.717) is 31.2 Å². The number of nitrogens with zero attached hydrogens (tertiary/aromatic N) is 5. The zero-order chi connectivity index (χ0) is 20.4. The Bertz CT molecular complexity index is 971. The van der Waals surface area contributed by atoms with Crippen LogP contribution in [0.5, 0.6) is 0 Å². The van der Waals surface area contributed by atoms with Crippen molar-refractivity contribution < 1.29 is 8.42 Å². The first kappa shape index (κ1) is 20.4. The van der Waals surface area contributed by atoms with Crippen molar-refractivity contribution in [2.24, 2.45) is 0 Å². The fraction of sp³-hybridized carbons (Fsp3) is 0.500. The molecule has 2 saturated heterocycles. The van der Waals surface area contributed by atoms with Crippen LogP contribution < -0.4 is 9.80 Å². The second-order valence-corrected chi connectivity index (χ2v) is 9.93. The molecule has 29 heavy (non-hydrogen) atoms. The molecule has 7 nitrogen and oxygen atoms in total. The molecule has 2 aliphatic rings. The number of aryl methyl sites for hydroxylation is 1. The highest BCUT2D eigenvalue weighted by Gasteiger charge is 2.29. The molecule has 0 N–H and O–H groups in total. The van der Waals surface area contributed by atoms with E-state index in [1.807, 2.05) is 13.0 Å². The van der Waals surface area contributed by atoms with Crippen molar-refractivity contribution in [2.75, 3.05) is 49.1 Å². The van der Waals surface area contributed by atoms with Gasteiger partial charge in [0.05, 0.1) is 4.90 Å². The summed E-state index contributed by atoms with van der Waals surface area (Å²) in [6, 6.07) is 6.93. The fourth-order valence-corrected chi connectivity index (χ4v) is 5.54. The Kier molecular flexibility index (Phi) is 5.94. The number of piperazine rings is 1. The van der Waals surface area contributed by atoms with Crippen LogP contribution in [-0.4, -0.2) is 62.0 Å². The van der Waals surface area contributed by atoms with Crippen LogP contribution in [0.25, 0.3) is 0 Å². The van der Waals surface area contributed by atoms with E-state index in [1.165, 1.54) is 29.6 Å². The standard InChI is InChI=1S/C20H26ClN5O2S/c1-16-5-6-17(13-18(16)21)29(27,28)26-11-9-25(10-12-26)20-14-19(22-15-23-20)24-7-3-2-4-8-24/h5-6,13-15H,2-4,7-12H2,1H3. The van der Waals surface area contributed by atoms with E-state index in [4.69, 9.17) is 11.6 Å². The van der Waals surface area contributed by atoms with Gasteiger partial charge in [0, 0.05) is 50.4 Å². The molecule has 1 aromatic carbocycles. The van der Waals surface area contributed by atoms with E-state index < -0.39 is 10.0 Å². The summed E-state index contributed by atoms with van der Waals surface area (Å²) >= 11 is 6.13. The second-order valence-electron chi connectivity index (χ2n) is 7.58. The predicted octanol–water partition coefficient (Wildman–Crippen LogP) is 2.94. The highest BCUT2D eigenvalue weighted by molar-refractivity contribution is 7.89. The molecule has 2 aliphatic heterocycles. The summed E-state index contributed by atoms with van der Waals surface area (Å²) in [5.41, 5.74) is 0.865. The summed E-state index contributed by atoms with van der Waals surface area (Å²) in [6.07, 6.45) is 5.27. The van der Waals surface area contributed by atoms with Crippen LogP contribution in [0, 0.1) is 6.92 Å². The minimum atomic E-state index is -3.55. The normalized spacial score (nSPS) is 18.8. The third-order valence-electron chi connectivity index (χ3n) is 5.66. The summed E-state index contributed by atoms with van der Waals surface area (Å²) < 4.78 is 27.5. The Morgan fingerprint density at radius 1 is 0.862 bits per heavy atom. The number of hydrogen-bond donors (Lipinski definition) is 0. The van der Waals surface area contributed by atoms with Crippen LogP contribution in [0.3, 0.4) is 0 Å². The van der Waals surface area contributed by atoms with Gasteiger partial charge in [-0.1, -0.05) is 17.7 Å². The van der Waals surface area contributed by atoms with Gasteiger partial charge in [-0.3, -0.25) is 0 Å². The minimum Gasteiger partial charge on any atom is -0.356 e. The Morgan fingerprint density at radius 3 is 2.10 bits per heavy atom. The Morgan fingerprint density at radius 2 is 1.48 bits per heavy atom. The topological polar surface area (TPSA) is 69.6 Å². The lowest BCUT2D eigenvalue weighted by molar-refractivity contribution is 0.383. The molecule has 0 aliphatic carbocycles. The average Bonchev–Trinajstić information content (AvgIpc) is 2.76. The average molecular weight is 436 g/mol. The number of hydrogen-bond acceptors (Lipinski definition) is 6. The van der Waals surface area contributed by atoms with Crippen LogP contribution in [-0.2, 0) is 10.0 Å². The van der Waals surface area contributed by atoms with E-state index in [2.05, 4.69) is 19.8 Å². The van der Waals surface area contributed by atoms with E-state index >= 15 is 0 Å². The summed E-state index contributed by atoms with van der Waals surface area (Å²) in [5, 5.41) is 0.468. The second kappa shape index (κ2) is 8.45. The molecule has 0 saturated carbocycles. The van der Waals surface area contributed by atoms with Gasteiger partial charge >= 0.3 is 0 Å². The Hall–Kier alpha value is -1.90. The number of sulfonamides is 1. The van der Waals surface area contributed by atoms with Gasteiger partial charge in [0.1, 0.15) is 18.0 Å². The third-order valence-corrected chi connectivity index (χ3v) is 7.96. The van der Waals surface area contributed by atoms with Crippen molar-refractivity contribution in [3.05, 3.63) is 41.2 Å². The number of piperidine rings is 1. The lowest BCUT2D eigenvalue weighted by Crippen LogP contribution is -2.49. The molecule has 0 atom stereocenters. The zero-order valence-corrected chi connectivity index (χ0v) is 18.2. The van der Waals surface area contributed by atoms with Crippen LogP contribution >= 0.6 is 11.6 Å². The number of anilines is 2. The minimum absolute atomic E-state index is 0.246. The van der Waals surface area contributed by atoms with E-state index in [9.17, 15) is 8.42 Å². The molecule has 2 aromatic rings. The lowest BCUT2D eigenvalue weighted by atomic mass is 10.1. The Labute approximate surface area is 177 Å². The molecule has 0 unspecified atom stereocenters. The van der Waals surface area contributed by atoms with Gasteiger partial charge in [-0.05, 0) is 43.9 Å². The van der Waals surface area contributed by atoms with Crippen molar-refractivity contribution in [3.8, 4) is 0 Å². The highest BCUT2D eigenvalue weighted by Crippen LogP contribution is 2.26. The molecule has 0 bridgehead atoms. The van der Waals surface area contributed by atoms with Gasteiger partial charge < -0.3 is 9.80 Å². The largest absolute Gasteiger partial charge is 0.356 e. The van der Waals surface area contributed by atoms with Crippen molar-refractivity contribution in [1.29, 1.82) is 0 Å². The van der Waals surface area contributed by atoms with Gasteiger partial charge in [0.15, 0.2) is 0 Å². The summed E-state index contributed by atoms with van der Waals surface area (Å²) in [7, 11) is -3.55. The number of halogens is 1. The fourth-order valence-electron chi connectivity index (χ4n) is 3.85. The van der Waals surface area contributed by atoms with Crippen LogP contribution in [0.2, 0.25) is 5.02 Å². The molecule has 3 heterocycles. The zero-order valence-electron chi connectivity index (χ0n) is 16.6. The highest BCUT2D eigenvalue weighted by atomic mass is 35.5. The van der Waals surface area contributed by atoms with Crippen LogP contribution in [0.15, 0.2) is 35.5 Å². The molecule has 0 amide bonds. The van der Waals surface area contributed by atoms with Gasteiger partial charge in [-0.2, -0.15) is 4.31 Å². The van der Waals surface area contributed by atoms with E-state index in [-0.39, 0.29) is 4.90 Å². The van der Waals surface area contributed by atoms with E-state index in [1.54, 1.807) is 18.5 Å². The van der Waals surface area contributed by atoms with Gasteiger partial charge in [0.2, 0.25) is 10.0 Å². The maximum absolute atomic E-state index is 13.0. The van der Waals surface area contributed by atoms with Crippen molar-refractivity contribution >= 4 is 33.3 Å². The van der Waals surface area contributed by atoms with Gasteiger partial charge in [-0.15, -0.1) is 0 Å². The predicted molar refractivity (Wildman–Crippen MR) is 115 cm³/mol. The van der Waals surface area contributed by atoms with Gasteiger partial charge in [0.25, 0.3) is 0 Å². The molecule has 9 heteroatoms. The van der Waals surface area contributed by atoms with Crippen LogP contribution in [0.1, 0.15) is 24.8 Å². The first-order valence-corrected chi connectivity index (χ1v) is 11.9. The SMILES string of the molecule is Cc1ccc(S(=O)(=O)N2CCN(c3cc(N4CCCCC4)ncn3)CC2)cc1Cl. The van der Waals surface area contributed by atoms with Crippen molar-refractivity contribution in [3.63, 3.8) is 0 Å². The first-order chi connectivity index (χ1) is 13.9. The Balaban J connectivity index is 1.44. The molecular formula is C20H26ClN5O2S. The lowest BCUT2D eigenvalue weighted by Gasteiger charge is -2.35. The number of benzene rings is 1. The molecule has 2 fully saturated rings. The summed E-state index contributed by atoms with van der Waals surface area (Å²) in [6.45, 7) is 5.93. The third kappa shape index (κ3) is 4.34. The van der Waals surface area contributed by atoms with Gasteiger partial charge in [-0.25, -0.2) is 18.4 Å². The maximum Gasteiger partial charge on any atom is 0.243 e. The molecule has 0 spiro atoms. The summed E-state index contributed by atoms with van der Waals surface area (Å²) in [4.78, 5) is 13.5. The molecule has 0 radical (unpaired) electrons. The number of aromatic nitrogens is 2. The maximum atomic E-state index is 13.0. The first-order valence-electron chi connectivity index (χ1n) is 10.0. The number of rotatable bonds is 4. The molecular weight excluding hydrogens is 410 g/mol.